The smallest absolute Gasteiger partial charge is 0.115 e. The van der Waals surface area contributed by atoms with Crippen molar-refractivity contribution in [3.05, 3.63) is 42.5 Å². The van der Waals surface area contributed by atoms with Crippen molar-refractivity contribution in [3.8, 4) is 5.75 Å². The third-order valence-electron chi connectivity index (χ3n) is 1.20. The highest BCUT2D eigenvalue weighted by Gasteiger charge is 1.82. The zero-order valence-electron chi connectivity index (χ0n) is 7.33. The summed E-state index contributed by atoms with van der Waals surface area (Å²) in [7, 11) is 0. The minimum atomic E-state index is 0.329. The summed E-state index contributed by atoms with van der Waals surface area (Å²) in [6, 6.07) is 7.09. The van der Waals surface area contributed by atoms with Gasteiger partial charge in [0.2, 0.25) is 0 Å². The van der Waals surface area contributed by atoms with Crippen molar-refractivity contribution in [3.63, 3.8) is 0 Å². The van der Waals surface area contributed by atoms with Crippen LogP contribution in [0, 0.1) is 6.92 Å². The Kier molecular flexibility index (Phi) is 5.75. The highest BCUT2D eigenvalue weighted by molar-refractivity contribution is 5.24. The average molecular weight is 165 g/mol. The van der Waals surface area contributed by atoms with Crippen LogP contribution in [0.3, 0.4) is 0 Å². The molecule has 0 spiro atoms. The highest BCUT2D eigenvalue weighted by atomic mass is 16.3. The SMILES string of the molecule is C=CCN.Cc1ccc(O)cc1. The maximum atomic E-state index is 8.76. The van der Waals surface area contributed by atoms with E-state index in [1.807, 2.05) is 19.1 Å². The van der Waals surface area contributed by atoms with E-state index in [1.54, 1.807) is 18.2 Å². The molecule has 2 heteroatoms. The van der Waals surface area contributed by atoms with Gasteiger partial charge in [-0.1, -0.05) is 23.8 Å². The first-order valence-corrected chi connectivity index (χ1v) is 3.77. The van der Waals surface area contributed by atoms with Gasteiger partial charge < -0.3 is 10.8 Å². The lowest BCUT2D eigenvalue weighted by Crippen LogP contribution is -1.90. The summed E-state index contributed by atoms with van der Waals surface area (Å²) < 4.78 is 0. The third-order valence-corrected chi connectivity index (χ3v) is 1.20. The summed E-state index contributed by atoms with van der Waals surface area (Å²) in [5.74, 6) is 0.329. The Hall–Kier alpha value is -1.28. The molecule has 2 nitrogen and oxygen atoms in total. The van der Waals surface area contributed by atoms with Gasteiger partial charge in [-0.05, 0) is 19.1 Å². The van der Waals surface area contributed by atoms with E-state index in [9.17, 15) is 0 Å². The fourth-order valence-electron chi connectivity index (χ4n) is 0.545. The molecule has 1 aromatic carbocycles. The molecule has 0 saturated carbocycles. The predicted molar refractivity (Wildman–Crippen MR) is 52.1 cm³/mol. The topological polar surface area (TPSA) is 46.2 Å². The summed E-state index contributed by atoms with van der Waals surface area (Å²) in [6.07, 6.45) is 1.65. The molecule has 0 bridgehead atoms. The van der Waals surface area contributed by atoms with Crippen molar-refractivity contribution in [2.75, 3.05) is 6.54 Å². The fourth-order valence-corrected chi connectivity index (χ4v) is 0.545. The Labute approximate surface area is 73.3 Å². The first-order chi connectivity index (χ1) is 5.70. The highest BCUT2D eigenvalue weighted by Crippen LogP contribution is 2.07. The van der Waals surface area contributed by atoms with Crippen molar-refractivity contribution >= 4 is 0 Å². The molecule has 0 aromatic heterocycles. The van der Waals surface area contributed by atoms with E-state index in [-0.39, 0.29) is 0 Å². The van der Waals surface area contributed by atoms with Crippen molar-refractivity contribution in [2.45, 2.75) is 6.92 Å². The minimum Gasteiger partial charge on any atom is -0.508 e. The predicted octanol–water partition coefficient (Wildman–Crippen LogP) is 1.83. The van der Waals surface area contributed by atoms with Crippen molar-refractivity contribution in [2.24, 2.45) is 5.73 Å². The monoisotopic (exact) mass is 165 g/mol. The Morgan fingerprint density at radius 2 is 1.83 bits per heavy atom. The number of phenolic OH excluding ortho intramolecular Hbond substituents is 1. The second-order valence-electron chi connectivity index (χ2n) is 2.36. The third kappa shape index (κ3) is 5.50. The van der Waals surface area contributed by atoms with Gasteiger partial charge in [0.05, 0.1) is 0 Å². The molecule has 0 aliphatic rings. The Morgan fingerprint density at radius 1 is 1.42 bits per heavy atom. The van der Waals surface area contributed by atoms with Crippen LogP contribution in [0.4, 0.5) is 0 Å². The number of benzene rings is 1. The van der Waals surface area contributed by atoms with Crippen LogP contribution in [0.15, 0.2) is 36.9 Å². The summed E-state index contributed by atoms with van der Waals surface area (Å²) in [5.41, 5.74) is 6.08. The molecule has 0 amide bonds. The number of aromatic hydroxyl groups is 1. The largest absolute Gasteiger partial charge is 0.508 e. The van der Waals surface area contributed by atoms with Gasteiger partial charge in [-0.25, -0.2) is 0 Å². The summed E-state index contributed by atoms with van der Waals surface area (Å²) in [6.45, 7) is 5.92. The molecular weight excluding hydrogens is 150 g/mol. The number of phenols is 1. The summed E-state index contributed by atoms with van der Waals surface area (Å²) in [5, 5.41) is 8.76. The molecule has 1 aromatic rings. The van der Waals surface area contributed by atoms with Gasteiger partial charge >= 0.3 is 0 Å². The van der Waals surface area contributed by atoms with Gasteiger partial charge in [0.25, 0.3) is 0 Å². The molecule has 66 valence electrons. The quantitative estimate of drug-likeness (QED) is 0.624. The lowest BCUT2D eigenvalue weighted by Gasteiger charge is -1.89. The molecule has 1 rings (SSSR count). The van der Waals surface area contributed by atoms with E-state index in [0.29, 0.717) is 12.3 Å². The second-order valence-corrected chi connectivity index (χ2v) is 2.36. The maximum absolute atomic E-state index is 8.76. The fraction of sp³-hybridized carbons (Fsp3) is 0.200. The molecule has 0 aliphatic heterocycles. The van der Waals surface area contributed by atoms with E-state index in [0.717, 1.165) is 0 Å². The van der Waals surface area contributed by atoms with Crippen LogP contribution >= 0.6 is 0 Å². The average Bonchev–Trinajstić information content (AvgIpc) is 2.11. The molecule has 0 heterocycles. The van der Waals surface area contributed by atoms with E-state index >= 15 is 0 Å². The van der Waals surface area contributed by atoms with Gasteiger partial charge in [0.1, 0.15) is 5.75 Å². The van der Waals surface area contributed by atoms with Crippen LogP contribution in [-0.4, -0.2) is 11.7 Å². The van der Waals surface area contributed by atoms with E-state index in [2.05, 4.69) is 6.58 Å². The molecule has 0 aliphatic carbocycles. The van der Waals surface area contributed by atoms with E-state index < -0.39 is 0 Å². The lowest BCUT2D eigenvalue weighted by atomic mass is 10.2. The second kappa shape index (κ2) is 6.43. The Morgan fingerprint density at radius 3 is 2.08 bits per heavy atom. The lowest BCUT2D eigenvalue weighted by molar-refractivity contribution is 0.475. The van der Waals surface area contributed by atoms with Crippen molar-refractivity contribution in [1.82, 2.24) is 0 Å². The Bertz CT molecular complexity index is 195. The van der Waals surface area contributed by atoms with Crippen LogP contribution < -0.4 is 5.73 Å². The van der Waals surface area contributed by atoms with Crippen LogP contribution in [0.25, 0.3) is 0 Å². The number of nitrogens with two attached hydrogens (primary N) is 1. The van der Waals surface area contributed by atoms with E-state index in [1.165, 1.54) is 5.56 Å². The standard InChI is InChI=1S/C7H8O.C3H7N/c1-6-2-4-7(8)5-3-6;1-2-3-4/h2-5,8H,1H3;2H,1,3-4H2. The van der Waals surface area contributed by atoms with Gasteiger partial charge in [0, 0.05) is 6.54 Å². The number of aryl methyl sites for hydroxylation is 1. The van der Waals surface area contributed by atoms with Crippen LogP contribution in [0.5, 0.6) is 5.75 Å². The molecule has 3 N–H and O–H groups in total. The number of hydrogen-bond acceptors (Lipinski definition) is 2. The first kappa shape index (κ1) is 10.7. The van der Waals surface area contributed by atoms with Crippen molar-refractivity contribution < 1.29 is 5.11 Å². The molecule has 0 atom stereocenters. The summed E-state index contributed by atoms with van der Waals surface area (Å²) in [4.78, 5) is 0. The molecule has 0 unspecified atom stereocenters. The van der Waals surface area contributed by atoms with Crippen molar-refractivity contribution in [1.29, 1.82) is 0 Å². The number of rotatable bonds is 1. The molecule has 0 fully saturated rings. The van der Waals surface area contributed by atoms with Gasteiger partial charge in [0.15, 0.2) is 0 Å². The van der Waals surface area contributed by atoms with Gasteiger partial charge in [-0.2, -0.15) is 0 Å². The first-order valence-electron chi connectivity index (χ1n) is 3.77. The van der Waals surface area contributed by atoms with Crippen LogP contribution in [-0.2, 0) is 0 Å². The van der Waals surface area contributed by atoms with E-state index in [4.69, 9.17) is 10.8 Å². The Balaban J connectivity index is 0.000000261. The zero-order valence-corrected chi connectivity index (χ0v) is 7.33. The van der Waals surface area contributed by atoms with Crippen LogP contribution in [0.1, 0.15) is 5.56 Å². The maximum Gasteiger partial charge on any atom is 0.115 e. The van der Waals surface area contributed by atoms with Gasteiger partial charge in [-0.15, -0.1) is 6.58 Å². The van der Waals surface area contributed by atoms with Gasteiger partial charge in [-0.3, -0.25) is 0 Å². The number of hydrogen-bond donors (Lipinski definition) is 2. The molecular formula is C10H15NO. The van der Waals surface area contributed by atoms with Crippen LogP contribution in [0.2, 0.25) is 0 Å². The molecule has 0 saturated heterocycles. The molecule has 0 radical (unpaired) electrons. The summed E-state index contributed by atoms with van der Waals surface area (Å²) >= 11 is 0. The zero-order chi connectivity index (χ0) is 9.40. The molecule has 12 heavy (non-hydrogen) atoms. The minimum absolute atomic E-state index is 0.329. The normalized spacial score (nSPS) is 8.17.